The molecular weight excluding hydrogens is 1850 g/mol. The Bertz CT molecular complexity index is 7180. The summed E-state index contributed by atoms with van der Waals surface area (Å²) in [6.45, 7) is 38.0. The molecule has 0 spiro atoms. The molecule has 14 heteroatoms. The summed E-state index contributed by atoms with van der Waals surface area (Å²) in [5.74, 6) is 1.82. The minimum atomic E-state index is -3.54. The van der Waals surface area contributed by atoms with E-state index >= 15 is 0 Å². The van der Waals surface area contributed by atoms with Gasteiger partial charge in [-0.3, -0.25) is 0 Å². The molecule has 18 aromatic carbocycles. The topological polar surface area (TPSA) is 79.9 Å². The zero-order chi connectivity index (χ0) is 98.5. The van der Waals surface area contributed by atoms with Gasteiger partial charge in [0.2, 0.25) is 9.84 Å². The van der Waals surface area contributed by atoms with Crippen LogP contribution in [0.4, 0.5) is 102 Å². The van der Waals surface area contributed by atoms with Crippen LogP contribution in [-0.2, 0) is 27.1 Å². The van der Waals surface area contributed by atoms with Gasteiger partial charge in [-0.05, 0) is 327 Å². The quantitative estimate of drug-likeness (QED) is 0.149. The predicted molar refractivity (Wildman–Crippen MR) is 594 cm³/mol. The summed E-state index contributed by atoms with van der Waals surface area (Å²) in [4.78, 5) is 19.0. The van der Waals surface area contributed by atoms with Gasteiger partial charge in [-0.15, -0.1) is 0 Å². The zero-order valence-electron chi connectivity index (χ0n) is 83.3. The van der Waals surface area contributed by atoms with E-state index in [1.807, 2.05) is 113 Å². The zero-order valence-corrected chi connectivity index (χ0v) is 87.5. The summed E-state index contributed by atoms with van der Waals surface area (Å²) in [5.41, 5.74) is 45.2. The van der Waals surface area contributed by atoms with E-state index in [4.69, 9.17) is 4.74 Å². The van der Waals surface area contributed by atoms with Gasteiger partial charge in [-0.1, -0.05) is 187 Å². The van der Waals surface area contributed by atoms with Crippen molar-refractivity contribution in [3.63, 3.8) is 0 Å². The maximum atomic E-state index is 13.2. The van der Waals surface area contributed by atoms with E-state index in [9.17, 15) is 12.6 Å². The van der Waals surface area contributed by atoms with Crippen LogP contribution in [0.5, 0.6) is 11.5 Å². The van der Waals surface area contributed by atoms with E-state index in [1.54, 1.807) is 12.1 Å². The molecule has 0 amide bonds. The standard InChI is InChI=1S/C22H21N.C21H19NO2S.C21H19NOS.C21H19NO.C21H19NS.C21H19NSe/c1-15-8-10-21-18(12-15)14-19-13-16(2)9-11-22(19)23(21)20-7-5-4-6-17(20)3;1-14-8-10-18-20(12-14)25(23,24)21-13-15(2)9-11-19(21)22(18)17-7-5-4-6-16(17)3;1-14-8-10-18-20(12-14)24(23)21-13-15(2)9-11-19(21)22(18)17-7-5-4-6-16(17)3;3*1-14-8-10-18-20(12-14)23-21-13-15(2)9-11-19(21)22(18)17-7-5-4-6-16(17)3/h4-13H,14H2,1-3H3;4-13H,1-3H3;4-13H,1-3H3;3*4-13H,1-3H3. The summed E-state index contributed by atoms with van der Waals surface area (Å²) in [5, 5.41) is 0. The number of fused-ring (bicyclic) bond motifs is 12. The molecule has 0 saturated heterocycles. The van der Waals surface area contributed by atoms with Crippen LogP contribution in [0.25, 0.3) is 0 Å². The summed E-state index contributed by atoms with van der Waals surface area (Å²) in [6.07, 6.45) is 1.01. The van der Waals surface area contributed by atoms with E-state index in [0.717, 1.165) is 89.7 Å². The maximum absolute atomic E-state index is 13.2. The van der Waals surface area contributed by atoms with Gasteiger partial charge in [0, 0.05) is 56.0 Å². The first-order valence-corrected chi connectivity index (χ1v) is 53.3. The van der Waals surface area contributed by atoms with Crippen molar-refractivity contribution >= 4 is 159 Å². The van der Waals surface area contributed by atoms with Crippen LogP contribution in [0.1, 0.15) is 111 Å². The summed E-state index contributed by atoms with van der Waals surface area (Å²) >= 11 is 2.24. The monoisotopic (exact) mass is 1960 g/mol. The van der Waals surface area contributed by atoms with Crippen molar-refractivity contribution in [2.24, 2.45) is 0 Å². The molecule has 6 heterocycles. The van der Waals surface area contributed by atoms with E-state index in [-0.39, 0.29) is 0 Å². The number of sulfone groups is 1. The number of hydrogen-bond donors (Lipinski definition) is 0. The van der Waals surface area contributed by atoms with Gasteiger partial charge in [0.25, 0.3) is 0 Å². The molecule has 0 saturated carbocycles. The molecule has 702 valence electrons. The normalized spacial score (nSPS) is 13.2. The Hall–Kier alpha value is -14.5. The molecule has 10 nitrogen and oxygen atoms in total. The van der Waals surface area contributed by atoms with Crippen molar-refractivity contribution in [3.8, 4) is 11.5 Å². The summed E-state index contributed by atoms with van der Waals surface area (Å²) in [7, 11) is -4.70. The average molecular weight is 1970 g/mol. The van der Waals surface area contributed by atoms with Crippen LogP contribution in [0, 0.1) is 125 Å². The van der Waals surface area contributed by atoms with Crippen LogP contribution >= 0.6 is 11.8 Å². The Kier molecular flexibility index (Phi) is 27.1. The van der Waals surface area contributed by atoms with E-state index in [1.165, 1.54) is 159 Å². The fraction of sp³-hybridized carbons (Fsp3) is 0.150. The Morgan fingerprint density at radius 2 is 0.468 bits per heavy atom. The Morgan fingerprint density at radius 3 is 0.809 bits per heavy atom. The van der Waals surface area contributed by atoms with Crippen molar-refractivity contribution in [3.05, 3.63) is 475 Å². The Labute approximate surface area is 845 Å². The van der Waals surface area contributed by atoms with Crippen LogP contribution < -0.4 is 43.1 Å². The van der Waals surface area contributed by atoms with Gasteiger partial charge >= 0.3 is 144 Å². The first kappa shape index (κ1) is 95.4. The summed E-state index contributed by atoms with van der Waals surface area (Å²) in [6, 6.07) is 128. The first-order chi connectivity index (χ1) is 68.0. The van der Waals surface area contributed by atoms with Crippen LogP contribution in [-0.4, -0.2) is 27.6 Å². The van der Waals surface area contributed by atoms with Gasteiger partial charge in [0.15, 0.2) is 11.5 Å². The second-order valence-corrected chi connectivity index (χ2v) is 44.6. The van der Waals surface area contributed by atoms with Crippen molar-refractivity contribution in [1.82, 2.24) is 0 Å². The number of para-hydroxylation sites is 6. The molecule has 0 atom stereocenters. The Balaban J connectivity index is 0.000000108. The molecule has 0 unspecified atom stereocenters. The fourth-order valence-electron chi connectivity index (χ4n) is 19.4. The average Bonchev–Trinajstić information content (AvgIpc) is 0.775. The molecule has 6 aliphatic heterocycles. The number of nitrogens with zero attached hydrogens (tertiary/aromatic N) is 6. The number of rotatable bonds is 6. The molecule has 0 radical (unpaired) electrons. The second-order valence-electron chi connectivity index (χ2n) is 38.0. The summed E-state index contributed by atoms with van der Waals surface area (Å²) < 4.78 is 48.8. The van der Waals surface area contributed by atoms with Gasteiger partial charge < -0.3 is 29.2 Å². The molecule has 6 aliphatic rings. The molecular formula is C127H116N6O4S3Se. The third kappa shape index (κ3) is 19.2. The molecule has 0 aliphatic carbocycles. The van der Waals surface area contributed by atoms with Gasteiger partial charge in [-0.25, -0.2) is 12.6 Å². The number of ether oxygens (including phenoxy) is 1. The third-order valence-electron chi connectivity index (χ3n) is 26.7. The van der Waals surface area contributed by atoms with E-state index < -0.39 is 20.6 Å². The van der Waals surface area contributed by atoms with E-state index in [0.29, 0.717) is 36.1 Å². The molecule has 24 rings (SSSR count). The first-order valence-electron chi connectivity index (χ1n) is 48.1. The minimum absolute atomic E-state index is 0.363. The van der Waals surface area contributed by atoms with Crippen LogP contribution in [0.2, 0.25) is 0 Å². The number of aryl methyl sites for hydroxylation is 18. The van der Waals surface area contributed by atoms with Crippen molar-refractivity contribution in [2.45, 2.75) is 160 Å². The number of benzene rings is 18. The number of anilines is 18. The SMILES string of the molecule is Cc1ccc2c(c1)Cc1cc(C)ccc1N2c1ccccc1C.Cc1ccc2c(c1)Oc1cc(C)ccc1N2c1ccccc1C.Cc1ccc2c(c1)S(=O)(=O)c1cc(C)ccc1N2c1ccccc1C.Cc1ccc2c(c1)S(=O)c1cc(C)ccc1N2c1ccccc1C.Cc1ccc2c(c1)Sc1cc(C)ccc1N2c1ccccc1C.Cc1ccc2c(c1)[Se]c1cc(C)ccc1N2c1ccccc1C. The molecule has 0 aromatic heterocycles. The fourth-order valence-corrected chi connectivity index (χ4v) is 26.6. The van der Waals surface area contributed by atoms with Crippen molar-refractivity contribution < 1.29 is 17.4 Å². The molecule has 0 bridgehead atoms. The number of hydrogen-bond acceptors (Lipinski definition) is 11. The second kappa shape index (κ2) is 40.0. The van der Waals surface area contributed by atoms with Crippen molar-refractivity contribution in [2.75, 3.05) is 29.4 Å². The molecule has 141 heavy (non-hydrogen) atoms. The van der Waals surface area contributed by atoms with Gasteiger partial charge in [0.05, 0.1) is 75.9 Å². The molecule has 0 N–H and O–H groups in total. The van der Waals surface area contributed by atoms with Crippen LogP contribution in [0.15, 0.2) is 393 Å². The van der Waals surface area contributed by atoms with Gasteiger partial charge in [0.1, 0.15) is 0 Å². The van der Waals surface area contributed by atoms with Gasteiger partial charge in [-0.2, -0.15) is 0 Å². The third-order valence-corrected chi connectivity index (χ3v) is 33.3. The van der Waals surface area contributed by atoms with E-state index in [2.05, 4.69) is 405 Å². The predicted octanol–water partition coefficient (Wildman–Crippen LogP) is 33.6. The molecule has 0 fully saturated rings. The Morgan fingerprint density at radius 1 is 0.234 bits per heavy atom. The molecule has 18 aromatic rings. The van der Waals surface area contributed by atoms with Crippen LogP contribution in [0.3, 0.4) is 0 Å². The van der Waals surface area contributed by atoms with Crippen molar-refractivity contribution in [1.29, 1.82) is 0 Å².